The lowest BCUT2D eigenvalue weighted by molar-refractivity contribution is 0.125. The zero-order valence-electron chi connectivity index (χ0n) is 15.8. The predicted octanol–water partition coefficient (Wildman–Crippen LogP) is 2.49. The largest absolute Gasteiger partial charge is 0.255 e. The Morgan fingerprint density at radius 2 is 1.32 bits per heavy atom. The first-order valence-corrected chi connectivity index (χ1v) is 9.28. The number of hydrogen-bond acceptors (Lipinski definition) is 1. The van der Waals surface area contributed by atoms with E-state index in [1.165, 1.54) is 0 Å². The molecule has 1 aliphatic rings. The molecule has 1 heterocycles. The maximum atomic E-state index is 6.71. The molecule has 0 bridgehead atoms. The number of hydrogen-bond donors (Lipinski definition) is 0. The predicted molar refractivity (Wildman–Crippen MR) is 113 cm³/mol. The van der Waals surface area contributed by atoms with Crippen molar-refractivity contribution < 1.29 is 0 Å². The van der Waals surface area contributed by atoms with Crippen molar-refractivity contribution >= 4 is 55.9 Å². The number of benzene rings is 1. The van der Waals surface area contributed by atoms with Gasteiger partial charge < -0.3 is 0 Å². The van der Waals surface area contributed by atoms with Crippen LogP contribution in [-0.2, 0) is 10.8 Å². The maximum absolute atomic E-state index is 6.71. The fourth-order valence-electron chi connectivity index (χ4n) is 4.31. The van der Waals surface area contributed by atoms with Gasteiger partial charge in [0, 0.05) is 10.7 Å². The summed E-state index contributed by atoms with van der Waals surface area (Å²) >= 11 is 3.42. The van der Waals surface area contributed by atoms with Crippen LogP contribution in [0.4, 0.5) is 0 Å². The van der Waals surface area contributed by atoms with Crippen LogP contribution >= 0.6 is 15.9 Å². The van der Waals surface area contributed by atoms with Crippen LogP contribution in [-0.4, -0.2) is 28.5 Å². The van der Waals surface area contributed by atoms with E-state index in [0.717, 1.165) is 26.9 Å². The SMILES string of the molecule is [B]c1c([B])c2c(c([B])c1-c1ccc(Br)cn1)C(C)(C)C(C)(C)C2(C)C. The lowest BCUT2D eigenvalue weighted by atomic mass is 9.58. The lowest BCUT2D eigenvalue weighted by Crippen LogP contribution is -2.44. The molecular weight excluding hydrogens is 367 g/mol. The van der Waals surface area contributed by atoms with Crippen LogP contribution in [0.1, 0.15) is 52.7 Å². The highest BCUT2D eigenvalue weighted by molar-refractivity contribution is 9.10. The minimum Gasteiger partial charge on any atom is -0.255 e. The van der Waals surface area contributed by atoms with Gasteiger partial charge in [-0.25, -0.2) is 0 Å². The summed E-state index contributed by atoms with van der Waals surface area (Å²) < 4.78 is 0.908. The average Bonchev–Trinajstić information content (AvgIpc) is 2.62. The van der Waals surface area contributed by atoms with Crippen LogP contribution in [0.15, 0.2) is 22.8 Å². The van der Waals surface area contributed by atoms with Crippen LogP contribution in [0.2, 0.25) is 0 Å². The average molecular weight is 388 g/mol. The molecule has 0 saturated carbocycles. The van der Waals surface area contributed by atoms with E-state index in [2.05, 4.69) is 62.5 Å². The highest BCUT2D eigenvalue weighted by atomic mass is 79.9. The molecule has 2 aromatic rings. The van der Waals surface area contributed by atoms with Crippen molar-refractivity contribution in [2.24, 2.45) is 5.41 Å². The van der Waals surface area contributed by atoms with Crippen LogP contribution in [0.3, 0.4) is 0 Å². The molecule has 0 amide bonds. The molecule has 0 fully saturated rings. The Bertz CT molecular complexity index is 868. The van der Waals surface area contributed by atoms with E-state index in [0.29, 0.717) is 16.4 Å². The minimum atomic E-state index is -0.151. The molecule has 3 rings (SSSR count). The van der Waals surface area contributed by atoms with Crippen molar-refractivity contribution in [3.63, 3.8) is 0 Å². The third kappa shape index (κ3) is 2.27. The van der Waals surface area contributed by atoms with Crippen LogP contribution < -0.4 is 16.4 Å². The van der Waals surface area contributed by atoms with Gasteiger partial charge in [-0.2, -0.15) is 0 Å². The summed E-state index contributed by atoms with van der Waals surface area (Å²) in [6, 6.07) is 3.85. The quantitative estimate of drug-likeness (QED) is 0.685. The zero-order valence-corrected chi connectivity index (χ0v) is 17.4. The van der Waals surface area contributed by atoms with Gasteiger partial charge in [0.25, 0.3) is 0 Å². The molecule has 0 spiro atoms. The molecule has 5 heteroatoms. The van der Waals surface area contributed by atoms with E-state index in [1.54, 1.807) is 6.20 Å². The highest BCUT2D eigenvalue weighted by Crippen LogP contribution is 2.60. The summed E-state index contributed by atoms with van der Waals surface area (Å²) in [5, 5.41) is 0. The van der Waals surface area contributed by atoms with Crippen molar-refractivity contribution in [1.29, 1.82) is 0 Å². The molecule has 6 radical (unpaired) electrons. The summed E-state index contributed by atoms with van der Waals surface area (Å²) in [5.74, 6) is 0. The molecule has 0 aliphatic heterocycles. The van der Waals surface area contributed by atoms with Gasteiger partial charge in [0.05, 0.1) is 5.69 Å². The third-order valence-corrected chi connectivity index (χ3v) is 7.45. The number of fused-ring (bicyclic) bond motifs is 1. The van der Waals surface area contributed by atoms with Crippen molar-refractivity contribution in [2.45, 2.75) is 52.4 Å². The first kappa shape index (κ1) is 18.8. The van der Waals surface area contributed by atoms with Crippen molar-refractivity contribution in [1.82, 2.24) is 4.98 Å². The third-order valence-electron chi connectivity index (χ3n) is 6.98. The van der Waals surface area contributed by atoms with E-state index in [9.17, 15) is 0 Å². The zero-order chi connectivity index (χ0) is 18.9. The molecule has 1 nitrogen and oxygen atoms in total. The Hall–Kier alpha value is -0.955. The molecule has 0 unspecified atom stereocenters. The van der Waals surface area contributed by atoms with Crippen LogP contribution in [0, 0.1) is 5.41 Å². The maximum Gasteiger partial charge on any atom is 0.115 e. The van der Waals surface area contributed by atoms with E-state index >= 15 is 0 Å². The summed E-state index contributed by atoms with van der Waals surface area (Å²) in [5.41, 5.74) is 5.18. The fraction of sp³-hybridized carbons (Fsp3) is 0.450. The Kier molecular flexibility index (Phi) is 4.16. The molecule has 122 valence electrons. The monoisotopic (exact) mass is 387 g/mol. The molecule has 0 N–H and O–H groups in total. The highest BCUT2D eigenvalue weighted by Gasteiger charge is 2.57. The first-order chi connectivity index (χ1) is 11.4. The van der Waals surface area contributed by atoms with Crippen molar-refractivity contribution in [3.8, 4) is 11.3 Å². The summed E-state index contributed by atoms with van der Waals surface area (Å²) in [7, 11) is 19.7. The normalized spacial score (nSPS) is 19.6. The number of aromatic nitrogens is 1. The van der Waals surface area contributed by atoms with Crippen molar-refractivity contribution in [2.75, 3.05) is 0 Å². The molecule has 0 saturated heterocycles. The number of pyridine rings is 1. The molecule has 1 aromatic carbocycles. The Labute approximate surface area is 163 Å². The fourth-order valence-corrected chi connectivity index (χ4v) is 4.55. The lowest BCUT2D eigenvalue weighted by Gasteiger charge is -2.45. The molecule has 25 heavy (non-hydrogen) atoms. The molecular formula is C20H21B3BrN. The summed E-state index contributed by atoms with van der Waals surface area (Å²) in [4.78, 5) is 4.49. The Balaban J connectivity index is 2.44. The van der Waals surface area contributed by atoms with Crippen LogP contribution in [0.5, 0.6) is 0 Å². The standard InChI is InChI=1S/C20H21B3BrN/c1-18(2)13-14(19(3,4)20(18,5)6)17(23)16(22)12(15(13)21)11-8-7-10(24)9-25-11/h7-9H,1-6H3. The number of halogens is 1. The topological polar surface area (TPSA) is 12.9 Å². The van der Waals surface area contributed by atoms with Gasteiger partial charge in [0.15, 0.2) is 0 Å². The number of nitrogens with zero attached hydrogens (tertiary/aromatic N) is 1. The van der Waals surface area contributed by atoms with Gasteiger partial charge in [-0.05, 0) is 61.0 Å². The second kappa shape index (κ2) is 5.52. The van der Waals surface area contributed by atoms with E-state index in [4.69, 9.17) is 23.5 Å². The van der Waals surface area contributed by atoms with Gasteiger partial charge in [-0.3, -0.25) is 4.98 Å². The summed E-state index contributed by atoms with van der Waals surface area (Å²) in [6.07, 6.45) is 1.75. The molecule has 1 aliphatic carbocycles. The van der Waals surface area contributed by atoms with Gasteiger partial charge in [-0.1, -0.05) is 57.9 Å². The second-order valence-corrected chi connectivity index (χ2v) is 9.52. The Morgan fingerprint density at radius 3 is 1.80 bits per heavy atom. The summed E-state index contributed by atoms with van der Waals surface area (Å²) in [6.45, 7) is 13.5. The minimum absolute atomic E-state index is 0.0389. The first-order valence-electron chi connectivity index (χ1n) is 8.49. The number of rotatable bonds is 1. The van der Waals surface area contributed by atoms with Gasteiger partial charge >= 0.3 is 0 Å². The van der Waals surface area contributed by atoms with Crippen molar-refractivity contribution in [3.05, 3.63) is 33.9 Å². The van der Waals surface area contributed by atoms with Gasteiger partial charge in [0.2, 0.25) is 0 Å². The smallest absolute Gasteiger partial charge is 0.115 e. The van der Waals surface area contributed by atoms with Crippen LogP contribution in [0.25, 0.3) is 11.3 Å². The van der Waals surface area contributed by atoms with E-state index in [-0.39, 0.29) is 16.2 Å². The van der Waals surface area contributed by atoms with E-state index in [1.807, 2.05) is 12.1 Å². The molecule has 0 atom stereocenters. The van der Waals surface area contributed by atoms with E-state index < -0.39 is 0 Å². The second-order valence-electron chi connectivity index (χ2n) is 8.60. The molecule has 1 aromatic heterocycles. The van der Waals surface area contributed by atoms with Gasteiger partial charge in [0.1, 0.15) is 23.5 Å². The Morgan fingerprint density at radius 1 is 0.800 bits per heavy atom. The van der Waals surface area contributed by atoms with Gasteiger partial charge in [-0.15, -0.1) is 0 Å².